The van der Waals surface area contributed by atoms with Crippen LogP contribution in [0.5, 0.6) is 5.75 Å². The summed E-state index contributed by atoms with van der Waals surface area (Å²) in [5, 5.41) is 14.7. The first-order valence-electron chi connectivity index (χ1n) is 7.93. The van der Waals surface area contributed by atoms with Crippen LogP contribution in [0.3, 0.4) is 0 Å². The van der Waals surface area contributed by atoms with Gasteiger partial charge >= 0.3 is 11.6 Å². The van der Waals surface area contributed by atoms with Crippen molar-refractivity contribution >= 4 is 39.3 Å². The molecule has 2 aromatic heterocycles. The lowest BCUT2D eigenvalue weighted by atomic mass is 10.0. The zero-order valence-corrected chi connectivity index (χ0v) is 15.4. The molecule has 3 rings (SSSR count). The minimum absolute atomic E-state index is 0.0120. The Bertz CT molecular complexity index is 1090. The maximum absolute atomic E-state index is 12.3. The molecule has 3 aromatic rings. The monoisotopic (exact) mass is 388 g/mol. The summed E-state index contributed by atoms with van der Waals surface area (Å²) < 4.78 is 9.78. The van der Waals surface area contributed by atoms with Crippen LogP contribution < -0.4 is 10.9 Å². The number of esters is 1. The van der Waals surface area contributed by atoms with Crippen molar-refractivity contribution < 1.29 is 23.8 Å². The number of hydrogen-bond acceptors (Lipinski definition) is 8. The zero-order valence-electron chi connectivity index (χ0n) is 14.6. The SMILES string of the molecule is COC(=O)Cc1csc(NC(=O)Cc2c(C)c3ccc(O)cc3oc2=O)n1. The molecule has 27 heavy (non-hydrogen) atoms. The number of nitrogens with one attached hydrogen (secondary N) is 1. The van der Waals surface area contributed by atoms with Gasteiger partial charge in [-0.15, -0.1) is 11.3 Å². The Morgan fingerprint density at radius 1 is 1.33 bits per heavy atom. The number of amides is 1. The van der Waals surface area contributed by atoms with Crippen LogP contribution in [0.25, 0.3) is 11.0 Å². The van der Waals surface area contributed by atoms with Gasteiger partial charge in [-0.05, 0) is 24.6 Å². The van der Waals surface area contributed by atoms with Crippen molar-refractivity contribution in [2.24, 2.45) is 0 Å². The molecule has 0 aliphatic carbocycles. The first-order chi connectivity index (χ1) is 12.9. The lowest BCUT2D eigenvalue weighted by Crippen LogP contribution is -2.20. The molecule has 0 saturated carbocycles. The van der Waals surface area contributed by atoms with Crippen molar-refractivity contribution in [3.63, 3.8) is 0 Å². The number of aromatic hydroxyl groups is 1. The van der Waals surface area contributed by atoms with E-state index in [9.17, 15) is 19.5 Å². The zero-order chi connectivity index (χ0) is 19.6. The fourth-order valence-electron chi connectivity index (χ4n) is 2.58. The number of nitrogens with zero attached hydrogens (tertiary/aromatic N) is 1. The van der Waals surface area contributed by atoms with Gasteiger partial charge < -0.3 is 19.6 Å². The largest absolute Gasteiger partial charge is 0.508 e. The number of aromatic nitrogens is 1. The molecule has 1 aromatic carbocycles. The second-order valence-corrected chi connectivity index (χ2v) is 6.65. The highest BCUT2D eigenvalue weighted by Gasteiger charge is 2.16. The van der Waals surface area contributed by atoms with Crippen LogP contribution in [0, 0.1) is 6.92 Å². The minimum Gasteiger partial charge on any atom is -0.508 e. The number of carbonyl (C=O) groups is 2. The molecular weight excluding hydrogens is 372 g/mol. The molecule has 0 spiro atoms. The molecule has 2 N–H and O–H groups in total. The van der Waals surface area contributed by atoms with E-state index in [2.05, 4.69) is 15.0 Å². The number of anilines is 1. The number of carbonyl (C=O) groups excluding carboxylic acids is 2. The maximum atomic E-state index is 12.3. The van der Waals surface area contributed by atoms with Crippen molar-refractivity contribution in [3.8, 4) is 5.75 Å². The van der Waals surface area contributed by atoms with E-state index in [1.54, 1.807) is 18.4 Å². The highest BCUT2D eigenvalue weighted by Crippen LogP contribution is 2.24. The van der Waals surface area contributed by atoms with Gasteiger partial charge in [-0.2, -0.15) is 0 Å². The van der Waals surface area contributed by atoms with E-state index < -0.39 is 17.5 Å². The van der Waals surface area contributed by atoms with Crippen molar-refractivity contribution in [2.45, 2.75) is 19.8 Å². The van der Waals surface area contributed by atoms with E-state index in [1.165, 1.54) is 30.6 Å². The molecule has 1 amide bonds. The number of methoxy groups -OCH3 is 1. The highest BCUT2D eigenvalue weighted by molar-refractivity contribution is 7.13. The fourth-order valence-corrected chi connectivity index (χ4v) is 3.30. The van der Waals surface area contributed by atoms with Crippen LogP contribution in [-0.2, 0) is 27.2 Å². The molecule has 0 bridgehead atoms. The smallest absolute Gasteiger partial charge is 0.340 e. The van der Waals surface area contributed by atoms with E-state index in [0.29, 0.717) is 21.8 Å². The minimum atomic E-state index is -0.633. The molecule has 8 nitrogen and oxygen atoms in total. The Balaban J connectivity index is 1.77. The van der Waals surface area contributed by atoms with E-state index in [4.69, 9.17) is 4.42 Å². The van der Waals surface area contributed by atoms with Gasteiger partial charge in [0, 0.05) is 16.8 Å². The summed E-state index contributed by atoms with van der Waals surface area (Å²) in [7, 11) is 1.29. The van der Waals surface area contributed by atoms with Crippen LogP contribution in [-0.4, -0.2) is 29.1 Å². The van der Waals surface area contributed by atoms with Crippen LogP contribution in [0.15, 0.2) is 32.8 Å². The standard InChI is InChI=1S/C18H16N2O6S/c1-9-12-4-3-11(21)6-14(12)26-17(24)13(9)7-15(22)20-18-19-10(8-27-18)5-16(23)25-2/h3-4,6,8,21H,5,7H2,1-2H3,(H,19,20,22). The third-order valence-corrected chi connectivity index (χ3v) is 4.77. The molecule has 0 saturated heterocycles. The lowest BCUT2D eigenvalue weighted by Gasteiger charge is -2.07. The number of phenols is 1. The molecular formula is C18H16N2O6S. The molecule has 0 atom stereocenters. The van der Waals surface area contributed by atoms with Gasteiger partial charge in [-0.1, -0.05) is 0 Å². The predicted octanol–water partition coefficient (Wildman–Crippen LogP) is 2.16. The van der Waals surface area contributed by atoms with Gasteiger partial charge in [-0.25, -0.2) is 9.78 Å². The van der Waals surface area contributed by atoms with E-state index in [-0.39, 0.29) is 29.7 Å². The summed E-state index contributed by atoms with van der Waals surface area (Å²) in [4.78, 5) is 39.9. The molecule has 140 valence electrons. The number of aryl methyl sites for hydroxylation is 1. The van der Waals surface area contributed by atoms with Crippen molar-refractivity contribution in [1.82, 2.24) is 4.98 Å². The van der Waals surface area contributed by atoms with Gasteiger partial charge in [-0.3, -0.25) is 9.59 Å². The number of benzene rings is 1. The van der Waals surface area contributed by atoms with Crippen molar-refractivity contribution in [3.05, 3.63) is 50.8 Å². The van der Waals surface area contributed by atoms with E-state index >= 15 is 0 Å². The fraction of sp³-hybridized carbons (Fsp3) is 0.222. The third-order valence-electron chi connectivity index (χ3n) is 3.96. The Morgan fingerprint density at radius 2 is 2.11 bits per heavy atom. The topological polar surface area (TPSA) is 119 Å². The van der Waals surface area contributed by atoms with Gasteiger partial charge in [0.2, 0.25) is 5.91 Å². The Morgan fingerprint density at radius 3 is 2.85 bits per heavy atom. The molecule has 0 unspecified atom stereocenters. The van der Waals surface area contributed by atoms with E-state index in [1.807, 2.05) is 0 Å². The number of rotatable bonds is 5. The summed E-state index contributed by atoms with van der Waals surface area (Å²) in [6.07, 6.45) is -0.167. The van der Waals surface area contributed by atoms with Gasteiger partial charge in [0.15, 0.2) is 5.13 Å². The van der Waals surface area contributed by atoms with Crippen molar-refractivity contribution in [1.29, 1.82) is 0 Å². The number of hydrogen-bond donors (Lipinski definition) is 2. The van der Waals surface area contributed by atoms with Crippen LogP contribution in [0.2, 0.25) is 0 Å². The van der Waals surface area contributed by atoms with Crippen molar-refractivity contribution in [2.75, 3.05) is 12.4 Å². The number of ether oxygens (including phenoxy) is 1. The van der Waals surface area contributed by atoms with Gasteiger partial charge in [0.05, 0.1) is 31.2 Å². The molecule has 0 aliphatic heterocycles. The average Bonchev–Trinajstić information content (AvgIpc) is 3.04. The Kier molecular flexibility index (Phi) is 5.22. The lowest BCUT2D eigenvalue weighted by molar-refractivity contribution is -0.139. The summed E-state index contributed by atoms with van der Waals surface area (Å²) in [5.41, 5.74) is 0.961. The normalized spacial score (nSPS) is 10.7. The number of thiazole rings is 1. The molecule has 0 fully saturated rings. The molecule has 9 heteroatoms. The summed E-state index contributed by atoms with van der Waals surface area (Å²) >= 11 is 1.17. The second kappa shape index (κ2) is 7.58. The first-order valence-corrected chi connectivity index (χ1v) is 8.81. The van der Waals surface area contributed by atoms with Crippen LogP contribution in [0.1, 0.15) is 16.8 Å². The second-order valence-electron chi connectivity index (χ2n) is 5.80. The molecule has 2 heterocycles. The molecule has 0 aliphatic rings. The quantitative estimate of drug-likeness (QED) is 0.508. The molecule has 0 radical (unpaired) electrons. The highest BCUT2D eigenvalue weighted by atomic mass is 32.1. The third kappa shape index (κ3) is 4.14. The van der Waals surface area contributed by atoms with Gasteiger partial charge in [0.1, 0.15) is 11.3 Å². The summed E-state index contributed by atoms with van der Waals surface area (Å²) in [6.45, 7) is 1.72. The number of fused-ring (bicyclic) bond motifs is 1. The first kappa shape index (κ1) is 18.6. The Hall–Kier alpha value is -3.20. The number of phenolic OH excluding ortho intramolecular Hbond substituents is 1. The predicted molar refractivity (Wildman–Crippen MR) is 99.1 cm³/mol. The Labute approximate surface area is 157 Å². The van der Waals surface area contributed by atoms with Gasteiger partial charge in [0.25, 0.3) is 0 Å². The van der Waals surface area contributed by atoms with Crippen LogP contribution >= 0.6 is 11.3 Å². The average molecular weight is 388 g/mol. The summed E-state index contributed by atoms with van der Waals surface area (Å²) in [5.74, 6) is -0.863. The maximum Gasteiger partial charge on any atom is 0.340 e. The summed E-state index contributed by atoms with van der Waals surface area (Å²) in [6, 6.07) is 4.47. The van der Waals surface area contributed by atoms with E-state index in [0.717, 1.165) is 0 Å². The van der Waals surface area contributed by atoms with Crippen LogP contribution in [0.4, 0.5) is 5.13 Å².